The van der Waals surface area contributed by atoms with E-state index in [9.17, 15) is 8.42 Å². The maximum Gasteiger partial charge on any atom is 0.240 e. The molecule has 1 saturated heterocycles. The second-order valence-corrected chi connectivity index (χ2v) is 9.05. The Balaban J connectivity index is 1.59. The third-order valence-electron chi connectivity index (χ3n) is 4.73. The van der Waals surface area contributed by atoms with Crippen LogP contribution in [0.3, 0.4) is 0 Å². The van der Waals surface area contributed by atoms with Gasteiger partial charge in [-0.05, 0) is 48.4 Å². The van der Waals surface area contributed by atoms with Crippen LogP contribution in [0.1, 0.15) is 31.4 Å². The van der Waals surface area contributed by atoms with Crippen molar-refractivity contribution in [1.82, 2.24) is 9.62 Å². The Morgan fingerprint density at radius 3 is 2.88 bits per heavy atom. The van der Waals surface area contributed by atoms with Gasteiger partial charge in [-0.15, -0.1) is 0 Å². The molecule has 0 saturated carbocycles. The Kier molecular flexibility index (Phi) is 5.59. The Bertz CT molecular complexity index is 673. The molecule has 0 bridgehead atoms. The number of hydrogen-bond donors (Lipinski definition) is 1. The number of morpholine rings is 1. The molecule has 6 heteroatoms. The fraction of sp³-hybridized carbons (Fsp3) is 0.667. The molecule has 1 unspecified atom stereocenters. The molecule has 5 nitrogen and oxygen atoms in total. The minimum atomic E-state index is -3.47. The number of rotatable bonds is 6. The van der Waals surface area contributed by atoms with Gasteiger partial charge in [0, 0.05) is 26.2 Å². The minimum absolute atomic E-state index is 0.0818. The SMILES string of the molecule is CC(C)CN1CCOC(CNS(=O)(=O)c2ccc3c(c2)CCC3)C1. The number of hydrogen-bond acceptors (Lipinski definition) is 4. The molecule has 1 atom stereocenters. The Labute approximate surface area is 145 Å². The number of aryl methyl sites for hydroxylation is 2. The van der Waals surface area contributed by atoms with E-state index in [1.807, 2.05) is 12.1 Å². The predicted molar refractivity (Wildman–Crippen MR) is 94.7 cm³/mol. The highest BCUT2D eigenvalue weighted by molar-refractivity contribution is 7.89. The van der Waals surface area contributed by atoms with Crippen molar-refractivity contribution in [2.75, 3.05) is 32.8 Å². The minimum Gasteiger partial charge on any atom is -0.374 e. The van der Waals surface area contributed by atoms with Crippen LogP contribution in [0.5, 0.6) is 0 Å². The molecule has 2 aliphatic rings. The van der Waals surface area contributed by atoms with Crippen LogP contribution >= 0.6 is 0 Å². The fourth-order valence-electron chi connectivity index (χ4n) is 3.59. The molecule has 1 N–H and O–H groups in total. The van der Waals surface area contributed by atoms with Gasteiger partial charge in [-0.1, -0.05) is 19.9 Å². The van der Waals surface area contributed by atoms with E-state index in [2.05, 4.69) is 23.5 Å². The lowest BCUT2D eigenvalue weighted by molar-refractivity contribution is -0.0280. The van der Waals surface area contributed by atoms with Gasteiger partial charge in [0.2, 0.25) is 10.0 Å². The van der Waals surface area contributed by atoms with Gasteiger partial charge >= 0.3 is 0 Å². The monoisotopic (exact) mass is 352 g/mol. The smallest absolute Gasteiger partial charge is 0.240 e. The van der Waals surface area contributed by atoms with Crippen molar-refractivity contribution in [3.63, 3.8) is 0 Å². The number of nitrogens with one attached hydrogen (secondary N) is 1. The highest BCUT2D eigenvalue weighted by Gasteiger charge is 2.24. The van der Waals surface area contributed by atoms with Crippen LogP contribution in [0.25, 0.3) is 0 Å². The standard InChI is InChI=1S/C18H28N2O3S/c1-14(2)12-20-8-9-23-17(13-20)11-19-24(21,22)18-7-6-15-4-3-5-16(15)10-18/h6-7,10,14,17,19H,3-5,8-9,11-13H2,1-2H3. The first-order valence-corrected chi connectivity index (χ1v) is 10.4. The van der Waals surface area contributed by atoms with Crippen molar-refractivity contribution >= 4 is 10.0 Å². The molecule has 0 aromatic heterocycles. The summed E-state index contributed by atoms with van der Waals surface area (Å²) in [7, 11) is -3.47. The number of fused-ring (bicyclic) bond motifs is 1. The molecule has 0 spiro atoms. The molecule has 24 heavy (non-hydrogen) atoms. The summed E-state index contributed by atoms with van der Waals surface area (Å²) in [5, 5.41) is 0. The number of nitrogens with zero attached hydrogens (tertiary/aromatic N) is 1. The van der Waals surface area contributed by atoms with Crippen molar-refractivity contribution < 1.29 is 13.2 Å². The van der Waals surface area contributed by atoms with Crippen LogP contribution in [-0.2, 0) is 27.6 Å². The van der Waals surface area contributed by atoms with Crippen LogP contribution in [0, 0.1) is 5.92 Å². The predicted octanol–water partition coefficient (Wildman–Crippen LogP) is 1.81. The molecule has 134 valence electrons. The summed E-state index contributed by atoms with van der Waals surface area (Å²) in [5.41, 5.74) is 2.46. The maximum atomic E-state index is 12.6. The van der Waals surface area contributed by atoms with Gasteiger partial charge < -0.3 is 4.74 Å². The van der Waals surface area contributed by atoms with Crippen molar-refractivity contribution in [2.24, 2.45) is 5.92 Å². The van der Waals surface area contributed by atoms with Gasteiger partial charge in [0.15, 0.2) is 0 Å². The van der Waals surface area contributed by atoms with Crippen molar-refractivity contribution in [2.45, 2.75) is 44.1 Å². The van der Waals surface area contributed by atoms with Crippen molar-refractivity contribution in [3.05, 3.63) is 29.3 Å². The zero-order valence-corrected chi connectivity index (χ0v) is 15.4. The van der Waals surface area contributed by atoms with Crippen LogP contribution in [0.2, 0.25) is 0 Å². The summed E-state index contributed by atoms with van der Waals surface area (Å²) in [5.74, 6) is 0.604. The fourth-order valence-corrected chi connectivity index (χ4v) is 4.70. The lowest BCUT2D eigenvalue weighted by Crippen LogP contribution is -2.48. The van der Waals surface area contributed by atoms with E-state index in [4.69, 9.17) is 4.74 Å². The zero-order chi connectivity index (χ0) is 17.2. The second kappa shape index (κ2) is 7.52. The normalized spacial score (nSPS) is 22.0. The van der Waals surface area contributed by atoms with E-state index < -0.39 is 10.0 Å². The molecule has 0 amide bonds. The van der Waals surface area contributed by atoms with Gasteiger partial charge in [-0.2, -0.15) is 0 Å². The molecule has 1 fully saturated rings. The Morgan fingerprint density at radius 2 is 2.08 bits per heavy atom. The van der Waals surface area contributed by atoms with Gasteiger partial charge in [-0.3, -0.25) is 4.90 Å². The van der Waals surface area contributed by atoms with Crippen LogP contribution < -0.4 is 4.72 Å². The first-order valence-electron chi connectivity index (χ1n) is 8.89. The summed E-state index contributed by atoms with van der Waals surface area (Å²) in [6.07, 6.45) is 3.08. The molecule has 1 aromatic rings. The quantitative estimate of drug-likeness (QED) is 0.848. The molecular formula is C18H28N2O3S. The van der Waals surface area contributed by atoms with Gasteiger partial charge in [0.25, 0.3) is 0 Å². The Morgan fingerprint density at radius 1 is 1.29 bits per heavy atom. The number of ether oxygens (including phenoxy) is 1. The molecule has 1 aromatic carbocycles. The van der Waals surface area contributed by atoms with E-state index in [1.54, 1.807) is 6.07 Å². The molecule has 1 aliphatic carbocycles. The van der Waals surface area contributed by atoms with Gasteiger partial charge in [0.1, 0.15) is 0 Å². The second-order valence-electron chi connectivity index (χ2n) is 7.28. The van der Waals surface area contributed by atoms with Crippen molar-refractivity contribution in [1.29, 1.82) is 0 Å². The van der Waals surface area contributed by atoms with E-state index in [-0.39, 0.29) is 6.10 Å². The van der Waals surface area contributed by atoms with E-state index in [0.29, 0.717) is 24.0 Å². The average molecular weight is 353 g/mol. The number of sulfonamides is 1. The summed E-state index contributed by atoms with van der Waals surface area (Å²) >= 11 is 0. The largest absolute Gasteiger partial charge is 0.374 e. The lowest BCUT2D eigenvalue weighted by Gasteiger charge is -2.33. The molecular weight excluding hydrogens is 324 g/mol. The van der Waals surface area contributed by atoms with Crippen molar-refractivity contribution in [3.8, 4) is 0 Å². The van der Waals surface area contributed by atoms with E-state index in [0.717, 1.165) is 38.9 Å². The molecule has 1 heterocycles. The lowest BCUT2D eigenvalue weighted by atomic mass is 10.1. The van der Waals surface area contributed by atoms with Gasteiger partial charge in [0.05, 0.1) is 17.6 Å². The highest BCUT2D eigenvalue weighted by Crippen LogP contribution is 2.24. The van der Waals surface area contributed by atoms with Crippen LogP contribution in [-0.4, -0.2) is 52.2 Å². The Hall–Kier alpha value is -0.950. The topological polar surface area (TPSA) is 58.6 Å². The average Bonchev–Trinajstić information content (AvgIpc) is 3.00. The first-order chi connectivity index (χ1) is 11.4. The summed E-state index contributed by atoms with van der Waals surface area (Å²) in [4.78, 5) is 2.72. The molecule has 0 radical (unpaired) electrons. The highest BCUT2D eigenvalue weighted by atomic mass is 32.2. The zero-order valence-electron chi connectivity index (χ0n) is 14.6. The van der Waals surface area contributed by atoms with Gasteiger partial charge in [-0.25, -0.2) is 13.1 Å². The summed E-state index contributed by atoms with van der Waals surface area (Å²) < 4.78 is 33.6. The summed E-state index contributed by atoms with van der Waals surface area (Å²) in [6, 6.07) is 5.51. The number of benzene rings is 1. The van der Waals surface area contributed by atoms with E-state index >= 15 is 0 Å². The summed E-state index contributed by atoms with van der Waals surface area (Å²) in [6.45, 7) is 8.11. The molecule has 1 aliphatic heterocycles. The van der Waals surface area contributed by atoms with Crippen LogP contribution in [0.15, 0.2) is 23.1 Å². The maximum absolute atomic E-state index is 12.6. The third-order valence-corrected chi connectivity index (χ3v) is 6.15. The van der Waals surface area contributed by atoms with E-state index in [1.165, 1.54) is 11.1 Å². The first kappa shape index (κ1) is 17.9. The third kappa shape index (κ3) is 4.36. The molecule has 3 rings (SSSR count). The van der Waals surface area contributed by atoms with Crippen LogP contribution in [0.4, 0.5) is 0 Å².